The van der Waals surface area contributed by atoms with Crippen LogP contribution in [0.2, 0.25) is 0 Å². The van der Waals surface area contributed by atoms with E-state index in [4.69, 9.17) is 5.26 Å². The number of carbonyl (C=O) groups is 1. The minimum atomic E-state index is -0.259. The Morgan fingerprint density at radius 3 is 2.68 bits per heavy atom. The van der Waals surface area contributed by atoms with Crippen LogP contribution in [0.3, 0.4) is 0 Å². The van der Waals surface area contributed by atoms with E-state index < -0.39 is 0 Å². The molecule has 0 radical (unpaired) electrons. The first-order valence-corrected chi connectivity index (χ1v) is 6.72. The number of hydrogen-bond acceptors (Lipinski definition) is 2. The van der Waals surface area contributed by atoms with Crippen molar-refractivity contribution in [1.82, 2.24) is 5.32 Å². The zero-order chi connectivity index (χ0) is 13.7. The number of hydrogen-bond donors (Lipinski definition) is 1. The van der Waals surface area contributed by atoms with Gasteiger partial charge >= 0.3 is 0 Å². The predicted octanol–water partition coefficient (Wildman–Crippen LogP) is 3.11. The first-order chi connectivity index (χ1) is 9.24. The van der Waals surface area contributed by atoms with Gasteiger partial charge in [-0.2, -0.15) is 5.26 Å². The summed E-state index contributed by atoms with van der Waals surface area (Å²) in [5.74, 6) is 0.169. The van der Waals surface area contributed by atoms with Crippen LogP contribution in [-0.4, -0.2) is 5.91 Å². The second-order valence-electron chi connectivity index (χ2n) is 4.87. The van der Waals surface area contributed by atoms with Crippen LogP contribution < -0.4 is 5.32 Å². The number of rotatable bonds is 5. The normalized spacial score (nSPS) is 16.5. The Morgan fingerprint density at radius 2 is 2.16 bits per heavy atom. The first-order valence-electron chi connectivity index (χ1n) is 6.72. The summed E-state index contributed by atoms with van der Waals surface area (Å²) in [7, 11) is 0. The van der Waals surface area contributed by atoms with Gasteiger partial charge in [-0.3, -0.25) is 4.79 Å². The fourth-order valence-electron chi connectivity index (χ4n) is 2.00. The summed E-state index contributed by atoms with van der Waals surface area (Å²) in [6, 6.07) is 11.8. The molecule has 1 aromatic rings. The molecule has 1 fully saturated rings. The third kappa shape index (κ3) is 3.69. The Bertz CT molecular complexity index is 509. The number of carbonyl (C=O) groups excluding carboxylic acids is 1. The number of nitriles is 1. The Balaban J connectivity index is 2.06. The van der Waals surface area contributed by atoms with Gasteiger partial charge in [-0.1, -0.05) is 43.3 Å². The van der Waals surface area contributed by atoms with E-state index in [1.165, 1.54) is 0 Å². The molecule has 19 heavy (non-hydrogen) atoms. The van der Waals surface area contributed by atoms with Crippen LogP contribution in [0.15, 0.2) is 42.0 Å². The van der Waals surface area contributed by atoms with Crippen molar-refractivity contribution in [1.29, 1.82) is 5.26 Å². The van der Waals surface area contributed by atoms with Crippen LogP contribution in [0.25, 0.3) is 0 Å². The third-order valence-corrected chi connectivity index (χ3v) is 3.30. The maximum absolute atomic E-state index is 12.1. The summed E-state index contributed by atoms with van der Waals surface area (Å²) in [6.07, 6.45) is 4.79. The van der Waals surface area contributed by atoms with Crippen molar-refractivity contribution < 1.29 is 4.79 Å². The lowest BCUT2D eigenvalue weighted by Gasteiger charge is -2.17. The van der Waals surface area contributed by atoms with Crippen LogP contribution in [0, 0.1) is 17.2 Å². The maximum Gasteiger partial charge on any atom is 0.262 e. The highest BCUT2D eigenvalue weighted by molar-refractivity contribution is 5.97. The van der Waals surface area contributed by atoms with Gasteiger partial charge in [-0.25, -0.2) is 0 Å². The zero-order valence-electron chi connectivity index (χ0n) is 11.1. The topological polar surface area (TPSA) is 52.9 Å². The number of nitrogens with one attached hydrogen (secondary N) is 1. The van der Waals surface area contributed by atoms with Gasteiger partial charge in [0.2, 0.25) is 0 Å². The van der Waals surface area contributed by atoms with Crippen LogP contribution in [0.1, 0.15) is 37.8 Å². The molecule has 3 heteroatoms. The Kier molecular flexibility index (Phi) is 4.35. The molecule has 0 bridgehead atoms. The van der Waals surface area contributed by atoms with Gasteiger partial charge in [0.1, 0.15) is 11.6 Å². The molecule has 3 nitrogen and oxygen atoms in total. The molecule has 0 unspecified atom stereocenters. The molecular weight excluding hydrogens is 236 g/mol. The molecule has 1 aromatic carbocycles. The molecule has 1 amide bonds. The summed E-state index contributed by atoms with van der Waals surface area (Å²) in [4.78, 5) is 12.1. The second-order valence-corrected chi connectivity index (χ2v) is 4.87. The highest BCUT2D eigenvalue weighted by Crippen LogP contribution is 2.31. The third-order valence-electron chi connectivity index (χ3n) is 3.30. The van der Waals surface area contributed by atoms with E-state index >= 15 is 0 Å². The van der Waals surface area contributed by atoms with Crippen molar-refractivity contribution in [2.45, 2.75) is 32.2 Å². The van der Waals surface area contributed by atoms with E-state index in [1.807, 2.05) is 43.3 Å². The van der Waals surface area contributed by atoms with Crippen molar-refractivity contribution in [3.8, 4) is 6.07 Å². The van der Waals surface area contributed by atoms with Crippen molar-refractivity contribution in [3.05, 3.63) is 47.5 Å². The van der Waals surface area contributed by atoms with E-state index in [2.05, 4.69) is 5.32 Å². The summed E-state index contributed by atoms with van der Waals surface area (Å²) < 4.78 is 0. The Labute approximate surface area is 113 Å². The highest BCUT2D eigenvalue weighted by Gasteiger charge is 2.22. The molecule has 0 spiro atoms. The van der Waals surface area contributed by atoms with Gasteiger partial charge in [0, 0.05) is 0 Å². The van der Waals surface area contributed by atoms with E-state index in [1.54, 1.807) is 6.08 Å². The average Bonchev–Trinajstić information content (AvgIpc) is 3.26. The molecule has 0 aromatic heterocycles. The zero-order valence-corrected chi connectivity index (χ0v) is 11.1. The molecular formula is C16H18N2O. The van der Waals surface area contributed by atoms with Crippen molar-refractivity contribution in [3.63, 3.8) is 0 Å². The molecule has 2 rings (SSSR count). The molecule has 1 aliphatic carbocycles. The fourth-order valence-corrected chi connectivity index (χ4v) is 2.00. The van der Waals surface area contributed by atoms with Crippen LogP contribution in [0.4, 0.5) is 0 Å². The largest absolute Gasteiger partial charge is 0.345 e. The highest BCUT2D eigenvalue weighted by atomic mass is 16.1. The molecule has 0 saturated heterocycles. The molecule has 1 atom stereocenters. The SMILES string of the molecule is CC[C@H](NC(=O)/C(C#N)=C\C1CC1)c1ccccc1. The van der Waals surface area contributed by atoms with E-state index in [9.17, 15) is 4.79 Å². The predicted molar refractivity (Wildman–Crippen MR) is 74.0 cm³/mol. The monoisotopic (exact) mass is 254 g/mol. The molecule has 1 N–H and O–H groups in total. The van der Waals surface area contributed by atoms with E-state index in [0.717, 1.165) is 24.8 Å². The summed E-state index contributed by atoms with van der Waals surface area (Å²) >= 11 is 0. The van der Waals surface area contributed by atoms with Crippen molar-refractivity contribution in [2.24, 2.45) is 5.92 Å². The van der Waals surface area contributed by atoms with Gasteiger partial charge in [-0.15, -0.1) is 0 Å². The van der Waals surface area contributed by atoms with Crippen molar-refractivity contribution >= 4 is 5.91 Å². The lowest BCUT2D eigenvalue weighted by atomic mass is 10.0. The van der Waals surface area contributed by atoms with Gasteiger partial charge in [0.25, 0.3) is 5.91 Å². The molecule has 0 aliphatic heterocycles. The smallest absolute Gasteiger partial charge is 0.262 e. The van der Waals surface area contributed by atoms with Crippen molar-refractivity contribution in [2.75, 3.05) is 0 Å². The minimum Gasteiger partial charge on any atom is -0.345 e. The van der Waals surface area contributed by atoms with Gasteiger partial charge in [-0.05, 0) is 30.7 Å². The van der Waals surface area contributed by atoms with Crippen LogP contribution in [0.5, 0.6) is 0 Å². The number of benzene rings is 1. The van der Waals surface area contributed by atoms with Gasteiger partial charge < -0.3 is 5.32 Å². The number of amides is 1. The summed E-state index contributed by atoms with van der Waals surface area (Å²) in [6.45, 7) is 2.02. The average molecular weight is 254 g/mol. The number of allylic oxidation sites excluding steroid dienone is 1. The van der Waals surface area contributed by atoms with Gasteiger partial charge in [0.05, 0.1) is 6.04 Å². The minimum absolute atomic E-state index is 0.0374. The summed E-state index contributed by atoms with van der Waals surface area (Å²) in [5, 5.41) is 12.0. The van der Waals surface area contributed by atoms with E-state index in [0.29, 0.717) is 5.92 Å². The van der Waals surface area contributed by atoms with Crippen LogP contribution in [-0.2, 0) is 4.79 Å². The van der Waals surface area contributed by atoms with E-state index in [-0.39, 0.29) is 17.5 Å². The number of nitrogens with zero attached hydrogens (tertiary/aromatic N) is 1. The standard InChI is InChI=1S/C16H18N2O/c1-2-15(13-6-4-3-5-7-13)18-16(19)14(11-17)10-12-8-9-12/h3-7,10,12,15H,2,8-9H2,1H3,(H,18,19)/b14-10-/t15-/m0/s1. The molecule has 98 valence electrons. The molecule has 0 heterocycles. The lowest BCUT2D eigenvalue weighted by Crippen LogP contribution is -2.29. The van der Waals surface area contributed by atoms with Gasteiger partial charge in [0.15, 0.2) is 0 Å². The molecule has 1 saturated carbocycles. The fraction of sp³-hybridized carbons (Fsp3) is 0.375. The Morgan fingerprint density at radius 1 is 1.47 bits per heavy atom. The Hall–Kier alpha value is -2.08. The van der Waals surface area contributed by atoms with Crippen LogP contribution >= 0.6 is 0 Å². The first kappa shape index (κ1) is 13.4. The summed E-state index contributed by atoms with van der Waals surface area (Å²) in [5.41, 5.74) is 1.32. The lowest BCUT2D eigenvalue weighted by molar-refractivity contribution is -0.117. The second kappa shape index (κ2) is 6.19. The maximum atomic E-state index is 12.1. The molecule has 1 aliphatic rings. The quantitative estimate of drug-likeness (QED) is 0.648.